The van der Waals surface area contributed by atoms with Gasteiger partial charge in [-0.3, -0.25) is 9.59 Å². The average molecular weight is 586 g/mol. The van der Waals surface area contributed by atoms with Gasteiger partial charge in [0.15, 0.2) is 0 Å². The summed E-state index contributed by atoms with van der Waals surface area (Å²) in [6, 6.07) is 0.776. The first kappa shape index (κ1) is 38.8. The molecule has 0 unspecified atom stereocenters. The minimum Gasteiger partial charge on any atom is -0.464 e. The van der Waals surface area contributed by atoms with Crippen LogP contribution < -0.4 is 0 Å². The molecule has 222 valence electrons. The monoisotopic (exact) mass is 585 g/mol. The number of thioether (sulfide) groups is 2. The lowest BCUT2D eigenvalue weighted by atomic mass is 9.91. The lowest BCUT2D eigenvalue weighted by molar-refractivity contribution is -0.154. The van der Waals surface area contributed by atoms with Gasteiger partial charge in [0.05, 0.1) is 10.8 Å². The fourth-order valence-electron chi connectivity index (χ4n) is 2.66. The zero-order valence-corrected chi connectivity index (χ0v) is 28.0. The summed E-state index contributed by atoms with van der Waals surface area (Å²) in [5.74, 6) is 3.44. The molecule has 0 heterocycles. The molecule has 0 aromatic heterocycles. The molecule has 0 fully saturated rings. The summed E-state index contributed by atoms with van der Waals surface area (Å²) in [4.78, 5) is 25.7. The second kappa shape index (κ2) is 21.5. The second-order valence-electron chi connectivity index (χ2n) is 9.94. The highest BCUT2D eigenvalue weighted by Crippen LogP contribution is 2.25. The van der Waals surface area contributed by atoms with Crippen LogP contribution >= 0.6 is 23.5 Å². The number of esters is 2. The number of carbonyl (C=O) groups is 2. The van der Waals surface area contributed by atoms with Gasteiger partial charge in [-0.1, -0.05) is 20.8 Å². The Morgan fingerprint density at radius 1 is 0.811 bits per heavy atom. The van der Waals surface area contributed by atoms with E-state index in [9.17, 15) is 9.59 Å². The first-order valence-corrected chi connectivity index (χ1v) is 17.4. The zero-order valence-electron chi connectivity index (χ0n) is 25.4. The summed E-state index contributed by atoms with van der Waals surface area (Å²) in [6.45, 7) is 16.6. The molecule has 0 amide bonds. The van der Waals surface area contributed by atoms with Crippen LogP contribution in [0.25, 0.3) is 0 Å². The van der Waals surface area contributed by atoms with Gasteiger partial charge in [-0.2, -0.15) is 23.5 Å². The van der Waals surface area contributed by atoms with Crippen molar-refractivity contribution in [3.05, 3.63) is 0 Å². The molecule has 0 radical (unpaired) electrons. The molecule has 0 aliphatic carbocycles. The minimum absolute atomic E-state index is 0.0771. The van der Waals surface area contributed by atoms with E-state index in [2.05, 4.69) is 18.7 Å². The summed E-state index contributed by atoms with van der Waals surface area (Å²) in [5.41, 5.74) is -0.801. The van der Waals surface area contributed by atoms with E-state index < -0.39 is 14.2 Å². The van der Waals surface area contributed by atoms with Crippen molar-refractivity contribution in [2.75, 3.05) is 77.7 Å². The largest absolute Gasteiger partial charge is 0.500 e. The van der Waals surface area contributed by atoms with Gasteiger partial charge in [-0.15, -0.1) is 0 Å². The Morgan fingerprint density at radius 3 is 1.84 bits per heavy atom. The molecule has 0 N–H and O–H groups in total. The van der Waals surface area contributed by atoms with Crippen LogP contribution in [0.1, 0.15) is 61.3 Å². The van der Waals surface area contributed by atoms with Crippen LogP contribution in [0.4, 0.5) is 0 Å². The van der Waals surface area contributed by atoms with Crippen molar-refractivity contribution in [3.63, 3.8) is 0 Å². The maximum atomic E-state index is 12.2. The third-order valence-electron chi connectivity index (χ3n) is 6.07. The molecule has 8 nitrogen and oxygen atoms in total. The Morgan fingerprint density at radius 2 is 1.35 bits per heavy atom. The Labute approximate surface area is 237 Å². The minimum atomic E-state index is -2.48. The number of likely N-dealkylation sites (N-methyl/N-ethyl adjacent to an activating group) is 1. The van der Waals surface area contributed by atoms with Crippen molar-refractivity contribution in [2.24, 2.45) is 10.8 Å². The van der Waals surface area contributed by atoms with E-state index in [-0.39, 0.29) is 17.4 Å². The predicted octanol–water partition coefficient (Wildman–Crippen LogP) is 5.23. The lowest BCUT2D eigenvalue weighted by Crippen LogP contribution is -2.42. The van der Waals surface area contributed by atoms with Crippen LogP contribution in [0.5, 0.6) is 0 Å². The van der Waals surface area contributed by atoms with Crippen molar-refractivity contribution >= 4 is 44.3 Å². The molecular weight excluding hydrogens is 531 g/mol. The van der Waals surface area contributed by atoms with Crippen LogP contribution in [0.2, 0.25) is 6.04 Å². The molecule has 37 heavy (non-hydrogen) atoms. The van der Waals surface area contributed by atoms with Gasteiger partial charge >= 0.3 is 20.7 Å². The second-order valence-corrected chi connectivity index (χ2v) is 15.5. The number of hydrogen-bond acceptors (Lipinski definition) is 10. The number of carbonyl (C=O) groups excluding carboxylic acids is 2. The molecule has 0 spiro atoms. The van der Waals surface area contributed by atoms with Crippen molar-refractivity contribution in [2.45, 2.75) is 67.4 Å². The van der Waals surface area contributed by atoms with Gasteiger partial charge in [0.1, 0.15) is 13.2 Å². The molecule has 0 saturated carbocycles. The first-order chi connectivity index (χ1) is 17.3. The van der Waals surface area contributed by atoms with E-state index in [0.717, 1.165) is 55.0 Å². The van der Waals surface area contributed by atoms with Gasteiger partial charge in [0, 0.05) is 45.4 Å². The quantitative estimate of drug-likeness (QED) is 0.108. The van der Waals surface area contributed by atoms with Crippen LogP contribution in [0.15, 0.2) is 0 Å². The number of ether oxygens (including phenoxy) is 2. The van der Waals surface area contributed by atoms with Crippen LogP contribution in [0.3, 0.4) is 0 Å². The molecule has 0 atom stereocenters. The Hall–Kier alpha value is -0.303. The third-order valence-corrected chi connectivity index (χ3v) is 11.3. The highest BCUT2D eigenvalue weighted by atomic mass is 32.2. The normalized spacial score (nSPS) is 12.2. The maximum absolute atomic E-state index is 12.2. The standard InChI is InChI=1S/C16H35NO5SSi.C10H20O2S/c1-8-17(4)10-11-22-15(18)16(2,3)14-23-12-9-13-24(19-5,20-6)21-7;1-5-10(3,4)9(11)12-7-8-13-6-2/h8-14H2,1-7H3;5-8H2,1-4H3. The SMILES string of the molecule is CCN(C)CCOC(=O)C(C)(C)CSCCC[Si](OC)(OC)OC.CCSCCOC(=O)C(C)(C)CC. The van der Waals surface area contributed by atoms with Gasteiger partial charge < -0.3 is 27.7 Å². The zero-order chi connectivity index (χ0) is 29.0. The van der Waals surface area contributed by atoms with E-state index in [1.54, 1.807) is 44.9 Å². The molecule has 11 heteroatoms. The van der Waals surface area contributed by atoms with E-state index in [1.165, 1.54) is 0 Å². The molecule has 0 aliphatic heterocycles. The van der Waals surface area contributed by atoms with E-state index in [1.807, 2.05) is 41.7 Å². The number of nitrogens with zero attached hydrogens (tertiary/aromatic N) is 1. The van der Waals surface area contributed by atoms with E-state index in [0.29, 0.717) is 13.2 Å². The Balaban J connectivity index is 0. The molecule has 0 saturated heterocycles. The van der Waals surface area contributed by atoms with Gasteiger partial charge in [-0.05, 0) is 65.6 Å². The molecule has 0 aromatic carbocycles. The number of rotatable bonds is 20. The van der Waals surface area contributed by atoms with Gasteiger partial charge in [-0.25, -0.2) is 0 Å². The summed E-state index contributed by atoms with van der Waals surface area (Å²) in [5, 5.41) is 0. The van der Waals surface area contributed by atoms with Crippen molar-refractivity contribution in [1.82, 2.24) is 4.90 Å². The van der Waals surface area contributed by atoms with Gasteiger partial charge in [0.25, 0.3) is 0 Å². The molecular formula is C26H55NO7S2Si. The average Bonchev–Trinajstić information content (AvgIpc) is 2.89. The summed E-state index contributed by atoms with van der Waals surface area (Å²) in [7, 11) is 4.41. The maximum Gasteiger partial charge on any atom is 0.500 e. The van der Waals surface area contributed by atoms with E-state index >= 15 is 0 Å². The predicted molar refractivity (Wildman–Crippen MR) is 159 cm³/mol. The molecule has 0 aliphatic rings. The Bertz CT molecular complexity index is 597. The topological polar surface area (TPSA) is 83.5 Å². The highest BCUT2D eigenvalue weighted by molar-refractivity contribution is 7.99. The van der Waals surface area contributed by atoms with Crippen LogP contribution in [0, 0.1) is 10.8 Å². The van der Waals surface area contributed by atoms with Crippen molar-refractivity contribution in [3.8, 4) is 0 Å². The van der Waals surface area contributed by atoms with Crippen molar-refractivity contribution < 1.29 is 32.3 Å². The molecule has 0 rings (SSSR count). The Kier molecular flexibility index (Phi) is 22.6. The van der Waals surface area contributed by atoms with Crippen LogP contribution in [-0.2, 0) is 32.3 Å². The lowest BCUT2D eigenvalue weighted by Gasteiger charge is -2.25. The fourth-order valence-corrected chi connectivity index (χ4v) is 6.25. The molecule has 0 bridgehead atoms. The van der Waals surface area contributed by atoms with E-state index in [4.69, 9.17) is 22.8 Å². The van der Waals surface area contributed by atoms with Crippen LogP contribution in [-0.4, -0.2) is 103 Å². The number of hydrogen-bond donors (Lipinski definition) is 0. The highest BCUT2D eigenvalue weighted by Gasteiger charge is 2.37. The van der Waals surface area contributed by atoms with Crippen molar-refractivity contribution in [1.29, 1.82) is 0 Å². The van der Waals surface area contributed by atoms with Gasteiger partial charge in [0.2, 0.25) is 0 Å². The summed E-state index contributed by atoms with van der Waals surface area (Å²) < 4.78 is 26.7. The molecule has 0 aromatic rings. The smallest absolute Gasteiger partial charge is 0.464 e. The fraction of sp³-hybridized carbons (Fsp3) is 0.923. The summed E-state index contributed by atoms with van der Waals surface area (Å²) in [6.07, 6.45) is 1.76. The first-order valence-electron chi connectivity index (χ1n) is 13.1. The third kappa shape index (κ3) is 17.8. The summed E-state index contributed by atoms with van der Waals surface area (Å²) >= 11 is 3.54.